The largest absolute Gasteiger partial charge is 0.377 e. The summed E-state index contributed by atoms with van der Waals surface area (Å²) in [5.74, 6) is -0.546. The monoisotopic (exact) mass is 265 g/mol. The van der Waals surface area contributed by atoms with Crippen LogP contribution in [0.3, 0.4) is 0 Å². The maximum atomic E-state index is 13.5. The minimum absolute atomic E-state index is 0.00390. The number of nitrogens with one attached hydrogen (secondary N) is 1. The van der Waals surface area contributed by atoms with Gasteiger partial charge in [-0.1, -0.05) is 18.2 Å². The Morgan fingerprint density at radius 2 is 1.85 bits per heavy atom. The molecule has 1 unspecified atom stereocenters. The van der Waals surface area contributed by atoms with Gasteiger partial charge in [0.05, 0.1) is 17.3 Å². The van der Waals surface area contributed by atoms with E-state index in [1.807, 2.05) is 19.1 Å². The van der Waals surface area contributed by atoms with E-state index in [9.17, 15) is 4.39 Å². The van der Waals surface area contributed by atoms with Crippen LogP contribution in [0.4, 0.5) is 10.1 Å². The number of hydrogen-bond donors (Lipinski definition) is 1. The first kappa shape index (κ1) is 13.6. The van der Waals surface area contributed by atoms with Gasteiger partial charge >= 0.3 is 0 Å². The predicted molar refractivity (Wildman–Crippen MR) is 74.3 cm³/mol. The van der Waals surface area contributed by atoms with Gasteiger partial charge in [0.25, 0.3) is 0 Å². The lowest BCUT2D eigenvalue weighted by atomic mass is 10.0. The first-order chi connectivity index (χ1) is 9.65. The van der Waals surface area contributed by atoms with Crippen LogP contribution in [-0.2, 0) is 0 Å². The predicted octanol–water partition coefficient (Wildman–Crippen LogP) is 3.74. The third-order valence-electron chi connectivity index (χ3n) is 3.01. The van der Waals surface area contributed by atoms with E-state index in [4.69, 9.17) is 10.5 Å². The topological polar surface area (TPSA) is 59.6 Å². The average molecular weight is 265 g/mol. The van der Waals surface area contributed by atoms with Gasteiger partial charge in [-0.25, -0.2) is 4.39 Å². The summed E-state index contributed by atoms with van der Waals surface area (Å²) in [5.41, 5.74) is 1.91. The zero-order chi connectivity index (χ0) is 14.5. The summed E-state index contributed by atoms with van der Waals surface area (Å²) in [7, 11) is 0. The average Bonchev–Trinajstić information content (AvgIpc) is 2.47. The van der Waals surface area contributed by atoms with Crippen LogP contribution in [0.15, 0.2) is 42.5 Å². The summed E-state index contributed by atoms with van der Waals surface area (Å²) >= 11 is 0. The van der Waals surface area contributed by atoms with Crippen LogP contribution in [0, 0.1) is 28.5 Å². The Balaban J connectivity index is 2.29. The Morgan fingerprint density at radius 3 is 2.55 bits per heavy atom. The van der Waals surface area contributed by atoms with Gasteiger partial charge in [0.15, 0.2) is 0 Å². The summed E-state index contributed by atoms with van der Waals surface area (Å²) in [6, 6.07) is 15.4. The summed E-state index contributed by atoms with van der Waals surface area (Å²) in [5, 5.41) is 21.0. The lowest BCUT2D eigenvalue weighted by molar-refractivity contribution is 0.624. The van der Waals surface area contributed by atoms with Gasteiger partial charge < -0.3 is 5.32 Å². The highest BCUT2D eigenvalue weighted by atomic mass is 19.1. The van der Waals surface area contributed by atoms with Gasteiger partial charge in [-0.05, 0) is 36.8 Å². The highest BCUT2D eigenvalue weighted by Crippen LogP contribution is 2.24. The molecule has 0 fully saturated rings. The van der Waals surface area contributed by atoms with E-state index < -0.39 is 5.82 Å². The van der Waals surface area contributed by atoms with Gasteiger partial charge in [-0.2, -0.15) is 10.5 Å². The molecular formula is C16H12FN3. The number of halogens is 1. The fourth-order valence-corrected chi connectivity index (χ4v) is 1.95. The Labute approximate surface area is 116 Å². The third-order valence-corrected chi connectivity index (χ3v) is 3.01. The Morgan fingerprint density at radius 1 is 1.10 bits per heavy atom. The van der Waals surface area contributed by atoms with Crippen molar-refractivity contribution in [3.63, 3.8) is 0 Å². The molecule has 0 radical (unpaired) electrons. The summed E-state index contributed by atoms with van der Waals surface area (Å²) in [4.78, 5) is 0. The highest BCUT2D eigenvalue weighted by molar-refractivity contribution is 5.59. The first-order valence-electron chi connectivity index (χ1n) is 6.11. The van der Waals surface area contributed by atoms with Crippen LogP contribution < -0.4 is 5.32 Å². The molecule has 1 N–H and O–H groups in total. The molecule has 1 atom stereocenters. The molecule has 98 valence electrons. The normalized spacial score (nSPS) is 11.2. The highest BCUT2D eigenvalue weighted by Gasteiger charge is 2.11. The van der Waals surface area contributed by atoms with Crippen molar-refractivity contribution in [2.45, 2.75) is 13.0 Å². The smallest absolute Gasteiger partial charge is 0.143 e. The molecule has 0 saturated heterocycles. The molecule has 20 heavy (non-hydrogen) atoms. The Bertz CT molecular complexity index is 710. The minimum atomic E-state index is -0.546. The van der Waals surface area contributed by atoms with Crippen molar-refractivity contribution >= 4 is 5.69 Å². The maximum Gasteiger partial charge on any atom is 0.143 e. The quantitative estimate of drug-likeness (QED) is 0.919. The van der Waals surface area contributed by atoms with E-state index in [1.54, 1.807) is 30.3 Å². The molecule has 2 rings (SSSR count). The lowest BCUT2D eigenvalue weighted by Gasteiger charge is -2.17. The van der Waals surface area contributed by atoms with Crippen LogP contribution in [0.2, 0.25) is 0 Å². The SMILES string of the molecule is CC(Nc1cccc(F)c1C#N)c1cccc(C#N)c1. The van der Waals surface area contributed by atoms with E-state index in [0.717, 1.165) is 5.56 Å². The van der Waals surface area contributed by atoms with E-state index in [1.165, 1.54) is 6.07 Å². The van der Waals surface area contributed by atoms with Crippen molar-refractivity contribution in [2.24, 2.45) is 0 Å². The number of nitriles is 2. The van der Waals surface area contributed by atoms with E-state index in [2.05, 4.69) is 11.4 Å². The molecular weight excluding hydrogens is 253 g/mol. The molecule has 0 heterocycles. The molecule has 0 aromatic heterocycles. The Hall–Kier alpha value is -2.85. The van der Waals surface area contributed by atoms with Crippen molar-refractivity contribution in [3.8, 4) is 12.1 Å². The fraction of sp³-hybridized carbons (Fsp3) is 0.125. The maximum absolute atomic E-state index is 13.5. The molecule has 0 aliphatic carbocycles. The number of anilines is 1. The summed E-state index contributed by atoms with van der Waals surface area (Å²) in [6.07, 6.45) is 0. The van der Waals surface area contributed by atoms with Crippen molar-refractivity contribution in [1.29, 1.82) is 10.5 Å². The zero-order valence-electron chi connectivity index (χ0n) is 10.9. The molecule has 0 bridgehead atoms. The van der Waals surface area contributed by atoms with Gasteiger partial charge in [0.2, 0.25) is 0 Å². The van der Waals surface area contributed by atoms with Gasteiger partial charge in [0.1, 0.15) is 17.4 Å². The minimum Gasteiger partial charge on any atom is -0.377 e. The second-order valence-electron chi connectivity index (χ2n) is 4.38. The molecule has 0 saturated carbocycles. The number of rotatable bonds is 3. The molecule has 3 nitrogen and oxygen atoms in total. The Kier molecular flexibility index (Phi) is 3.98. The van der Waals surface area contributed by atoms with Crippen LogP contribution in [-0.4, -0.2) is 0 Å². The van der Waals surface area contributed by atoms with Crippen molar-refractivity contribution < 1.29 is 4.39 Å². The van der Waals surface area contributed by atoms with Crippen molar-refractivity contribution in [2.75, 3.05) is 5.32 Å². The molecule has 2 aromatic carbocycles. The third kappa shape index (κ3) is 2.76. The molecule has 0 aliphatic heterocycles. The number of hydrogen-bond acceptors (Lipinski definition) is 3. The molecule has 0 amide bonds. The second-order valence-corrected chi connectivity index (χ2v) is 4.38. The molecule has 4 heteroatoms. The lowest BCUT2D eigenvalue weighted by Crippen LogP contribution is -2.08. The van der Waals surface area contributed by atoms with Crippen LogP contribution in [0.5, 0.6) is 0 Å². The van der Waals surface area contributed by atoms with E-state index in [-0.39, 0.29) is 11.6 Å². The van der Waals surface area contributed by atoms with Crippen LogP contribution in [0.25, 0.3) is 0 Å². The van der Waals surface area contributed by atoms with E-state index in [0.29, 0.717) is 11.3 Å². The van der Waals surface area contributed by atoms with Crippen molar-refractivity contribution in [3.05, 3.63) is 65.0 Å². The standard InChI is InChI=1S/C16H12FN3/c1-11(13-5-2-4-12(8-13)9-18)20-16-7-3-6-15(17)14(16)10-19/h2-8,11,20H,1H3. The van der Waals surface area contributed by atoms with Crippen molar-refractivity contribution in [1.82, 2.24) is 0 Å². The summed E-state index contributed by atoms with van der Waals surface area (Å²) < 4.78 is 13.5. The van der Waals surface area contributed by atoms with Gasteiger partial charge in [-0.15, -0.1) is 0 Å². The van der Waals surface area contributed by atoms with Gasteiger partial charge in [0, 0.05) is 6.04 Å². The van der Waals surface area contributed by atoms with Gasteiger partial charge in [-0.3, -0.25) is 0 Å². The van der Waals surface area contributed by atoms with Crippen LogP contribution >= 0.6 is 0 Å². The molecule has 2 aromatic rings. The second kappa shape index (κ2) is 5.86. The fourth-order valence-electron chi connectivity index (χ4n) is 1.95. The number of nitrogens with zero attached hydrogens (tertiary/aromatic N) is 2. The van der Waals surface area contributed by atoms with E-state index >= 15 is 0 Å². The number of benzene rings is 2. The summed E-state index contributed by atoms with van der Waals surface area (Å²) in [6.45, 7) is 1.89. The first-order valence-corrected chi connectivity index (χ1v) is 6.11. The zero-order valence-corrected chi connectivity index (χ0v) is 10.9. The molecule has 0 aliphatic rings. The molecule has 0 spiro atoms. The van der Waals surface area contributed by atoms with Crippen LogP contribution in [0.1, 0.15) is 29.7 Å².